The average Bonchev–Trinajstić information content (AvgIpc) is 2.89. The van der Waals surface area contributed by atoms with E-state index in [2.05, 4.69) is 24.1 Å². The number of carbonyl (C=O) groups excluding carboxylic acids is 1. The molecular formula is C14H16N2O2S. The van der Waals surface area contributed by atoms with Gasteiger partial charge in [-0.2, -0.15) is 0 Å². The number of amides is 1. The lowest BCUT2D eigenvalue weighted by Gasteiger charge is -2.08. The van der Waals surface area contributed by atoms with Gasteiger partial charge in [-0.05, 0) is 12.1 Å². The fourth-order valence-corrected chi connectivity index (χ4v) is 2.41. The Morgan fingerprint density at radius 2 is 2.11 bits per heavy atom. The first-order chi connectivity index (χ1) is 9.11. The lowest BCUT2D eigenvalue weighted by atomic mass is 10.2. The second-order valence-electron chi connectivity index (χ2n) is 4.38. The quantitative estimate of drug-likeness (QED) is 0.929. The molecule has 0 saturated heterocycles. The maximum atomic E-state index is 12.1. The van der Waals surface area contributed by atoms with Crippen LogP contribution in [0.1, 0.15) is 35.3 Å². The minimum absolute atomic E-state index is 0.215. The zero-order chi connectivity index (χ0) is 13.8. The molecular weight excluding hydrogens is 260 g/mol. The summed E-state index contributed by atoms with van der Waals surface area (Å²) in [6, 6.07) is 7.30. The van der Waals surface area contributed by atoms with Crippen LogP contribution in [0.5, 0.6) is 5.75 Å². The highest BCUT2D eigenvalue weighted by molar-refractivity contribution is 7.09. The number of nitrogens with one attached hydrogen (secondary N) is 1. The largest absolute Gasteiger partial charge is 0.495 e. The second kappa shape index (κ2) is 5.84. The molecule has 0 radical (unpaired) electrons. The third-order valence-corrected chi connectivity index (χ3v) is 3.75. The fraction of sp³-hybridized carbons (Fsp3) is 0.286. The first-order valence-electron chi connectivity index (χ1n) is 6.01. The van der Waals surface area contributed by atoms with E-state index >= 15 is 0 Å². The number of methoxy groups -OCH3 is 1. The first-order valence-corrected chi connectivity index (χ1v) is 6.89. The lowest BCUT2D eigenvalue weighted by Crippen LogP contribution is -2.13. The van der Waals surface area contributed by atoms with Gasteiger partial charge in [0.2, 0.25) is 0 Å². The molecule has 2 rings (SSSR count). The summed E-state index contributed by atoms with van der Waals surface area (Å²) in [5.41, 5.74) is 1.09. The molecule has 0 bridgehead atoms. The molecule has 1 amide bonds. The van der Waals surface area contributed by atoms with Gasteiger partial charge in [-0.1, -0.05) is 26.0 Å². The molecule has 0 atom stereocenters. The van der Waals surface area contributed by atoms with Crippen LogP contribution in [0.4, 0.5) is 5.69 Å². The Kier molecular flexibility index (Phi) is 4.16. The first kappa shape index (κ1) is 13.5. The molecule has 0 aliphatic carbocycles. The molecule has 0 fully saturated rings. The van der Waals surface area contributed by atoms with Crippen molar-refractivity contribution in [3.63, 3.8) is 0 Å². The van der Waals surface area contributed by atoms with Crippen molar-refractivity contribution in [3.8, 4) is 5.75 Å². The maximum absolute atomic E-state index is 12.1. The number of para-hydroxylation sites is 2. The van der Waals surface area contributed by atoms with Gasteiger partial charge < -0.3 is 10.1 Å². The number of nitrogens with zero attached hydrogens (tertiary/aromatic N) is 1. The van der Waals surface area contributed by atoms with Gasteiger partial charge in [-0.3, -0.25) is 4.79 Å². The van der Waals surface area contributed by atoms with Crippen LogP contribution in [-0.2, 0) is 0 Å². The molecule has 0 unspecified atom stereocenters. The molecule has 0 aliphatic heterocycles. The van der Waals surface area contributed by atoms with E-state index < -0.39 is 0 Å². The van der Waals surface area contributed by atoms with Crippen molar-refractivity contribution in [3.05, 3.63) is 40.3 Å². The Bertz CT molecular complexity index is 578. The summed E-state index contributed by atoms with van der Waals surface area (Å²) in [6.07, 6.45) is 0. The Labute approximate surface area is 116 Å². The standard InChI is InChI=1S/C14H16N2O2S/c1-9(2)14-16-11(8-19-14)13(17)15-10-6-4-5-7-12(10)18-3/h4-9H,1-3H3,(H,15,17). The Balaban J connectivity index is 2.16. The van der Waals surface area contributed by atoms with Crippen LogP contribution in [0.15, 0.2) is 29.6 Å². The van der Waals surface area contributed by atoms with Crippen LogP contribution in [0, 0.1) is 0 Å². The Morgan fingerprint density at radius 1 is 1.37 bits per heavy atom. The number of ether oxygens (including phenoxy) is 1. The molecule has 5 heteroatoms. The number of aromatic nitrogens is 1. The number of benzene rings is 1. The maximum Gasteiger partial charge on any atom is 0.275 e. The number of rotatable bonds is 4. The molecule has 0 aliphatic rings. The molecule has 1 N–H and O–H groups in total. The SMILES string of the molecule is COc1ccccc1NC(=O)c1csc(C(C)C)n1. The van der Waals surface area contributed by atoms with Gasteiger partial charge in [0.15, 0.2) is 0 Å². The normalized spacial score (nSPS) is 10.5. The van der Waals surface area contributed by atoms with E-state index in [0.29, 0.717) is 23.0 Å². The highest BCUT2D eigenvalue weighted by Gasteiger charge is 2.14. The number of hydrogen-bond donors (Lipinski definition) is 1. The van der Waals surface area contributed by atoms with Gasteiger partial charge in [0.25, 0.3) is 5.91 Å². The second-order valence-corrected chi connectivity index (χ2v) is 5.27. The molecule has 19 heavy (non-hydrogen) atoms. The van der Waals surface area contributed by atoms with E-state index in [0.717, 1.165) is 5.01 Å². The summed E-state index contributed by atoms with van der Waals surface area (Å²) >= 11 is 1.50. The Hall–Kier alpha value is -1.88. The number of hydrogen-bond acceptors (Lipinski definition) is 4. The summed E-state index contributed by atoms with van der Waals surface area (Å²) in [5, 5.41) is 5.55. The molecule has 1 aromatic carbocycles. The number of thiazole rings is 1. The summed E-state index contributed by atoms with van der Waals surface area (Å²) in [6.45, 7) is 4.11. The predicted octanol–water partition coefficient (Wildman–Crippen LogP) is 3.53. The lowest BCUT2D eigenvalue weighted by molar-refractivity contribution is 0.102. The van der Waals surface area contributed by atoms with Crippen molar-refractivity contribution >= 4 is 22.9 Å². The van der Waals surface area contributed by atoms with E-state index in [1.54, 1.807) is 24.6 Å². The minimum Gasteiger partial charge on any atom is -0.495 e. The van der Waals surface area contributed by atoms with Gasteiger partial charge >= 0.3 is 0 Å². The van der Waals surface area contributed by atoms with E-state index in [1.165, 1.54) is 11.3 Å². The van der Waals surface area contributed by atoms with Gasteiger partial charge in [-0.25, -0.2) is 4.98 Å². The number of anilines is 1. The highest BCUT2D eigenvalue weighted by Crippen LogP contribution is 2.24. The topological polar surface area (TPSA) is 51.2 Å². The molecule has 1 aromatic heterocycles. The molecule has 2 aromatic rings. The Morgan fingerprint density at radius 3 is 2.74 bits per heavy atom. The number of carbonyl (C=O) groups is 1. The fourth-order valence-electron chi connectivity index (χ4n) is 1.59. The third-order valence-electron chi connectivity index (χ3n) is 2.60. The molecule has 0 spiro atoms. The zero-order valence-corrected chi connectivity index (χ0v) is 12.0. The van der Waals surface area contributed by atoms with Gasteiger partial charge in [-0.15, -0.1) is 11.3 Å². The summed E-state index contributed by atoms with van der Waals surface area (Å²) in [7, 11) is 1.57. The summed E-state index contributed by atoms with van der Waals surface area (Å²) < 4.78 is 5.19. The van der Waals surface area contributed by atoms with Crippen molar-refractivity contribution in [1.82, 2.24) is 4.98 Å². The van der Waals surface area contributed by atoms with Crippen LogP contribution < -0.4 is 10.1 Å². The van der Waals surface area contributed by atoms with Gasteiger partial charge in [0.1, 0.15) is 11.4 Å². The van der Waals surface area contributed by atoms with Crippen LogP contribution in [-0.4, -0.2) is 18.0 Å². The van der Waals surface area contributed by atoms with Gasteiger partial charge in [0, 0.05) is 11.3 Å². The van der Waals surface area contributed by atoms with Crippen molar-refractivity contribution < 1.29 is 9.53 Å². The molecule has 0 saturated carbocycles. The average molecular weight is 276 g/mol. The molecule has 4 nitrogen and oxygen atoms in total. The summed E-state index contributed by atoms with van der Waals surface area (Å²) in [4.78, 5) is 16.4. The van der Waals surface area contributed by atoms with E-state index in [1.807, 2.05) is 12.1 Å². The predicted molar refractivity (Wildman–Crippen MR) is 77.2 cm³/mol. The summed E-state index contributed by atoms with van der Waals surface area (Å²) in [5.74, 6) is 0.751. The van der Waals surface area contributed by atoms with Crippen LogP contribution >= 0.6 is 11.3 Å². The van der Waals surface area contributed by atoms with Crippen LogP contribution in [0.25, 0.3) is 0 Å². The molecule has 1 heterocycles. The third kappa shape index (κ3) is 3.12. The van der Waals surface area contributed by atoms with Crippen molar-refractivity contribution in [2.24, 2.45) is 0 Å². The van der Waals surface area contributed by atoms with Crippen molar-refractivity contribution in [1.29, 1.82) is 0 Å². The van der Waals surface area contributed by atoms with Crippen molar-refractivity contribution in [2.45, 2.75) is 19.8 Å². The van der Waals surface area contributed by atoms with Crippen LogP contribution in [0.3, 0.4) is 0 Å². The van der Waals surface area contributed by atoms with Crippen LogP contribution in [0.2, 0.25) is 0 Å². The van der Waals surface area contributed by atoms with Gasteiger partial charge in [0.05, 0.1) is 17.8 Å². The highest BCUT2D eigenvalue weighted by atomic mass is 32.1. The molecule has 100 valence electrons. The minimum atomic E-state index is -0.215. The van der Waals surface area contributed by atoms with E-state index in [-0.39, 0.29) is 5.91 Å². The van der Waals surface area contributed by atoms with E-state index in [4.69, 9.17) is 4.74 Å². The smallest absolute Gasteiger partial charge is 0.275 e. The van der Waals surface area contributed by atoms with E-state index in [9.17, 15) is 4.79 Å². The van der Waals surface area contributed by atoms with Crippen molar-refractivity contribution in [2.75, 3.05) is 12.4 Å². The zero-order valence-electron chi connectivity index (χ0n) is 11.1. The monoisotopic (exact) mass is 276 g/mol.